The third-order valence-electron chi connectivity index (χ3n) is 3.69. The number of aromatic nitrogens is 2. The predicted octanol–water partition coefficient (Wildman–Crippen LogP) is 1.26. The average molecular weight is 346 g/mol. The molecular formula is C17H19FN4O3. The second-order valence-electron chi connectivity index (χ2n) is 5.42. The molecule has 1 fully saturated rings. The summed E-state index contributed by atoms with van der Waals surface area (Å²) in [6.07, 6.45) is 1.38. The monoisotopic (exact) mass is 346 g/mol. The van der Waals surface area contributed by atoms with Gasteiger partial charge < -0.3 is 19.7 Å². The molecule has 1 N–H and O–H groups in total. The maximum atomic E-state index is 12.8. The molecule has 0 saturated carbocycles. The van der Waals surface area contributed by atoms with Crippen LogP contribution in [0.1, 0.15) is 10.5 Å². The first kappa shape index (κ1) is 17.1. The molecule has 2 aromatic rings. The molecule has 132 valence electrons. The van der Waals surface area contributed by atoms with Gasteiger partial charge in [0.15, 0.2) is 0 Å². The minimum atomic E-state index is -0.319. The van der Waals surface area contributed by atoms with Crippen LogP contribution in [0.15, 0.2) is 36.7 Å². The van der Waals surface area contributed by atoms with Crippen molar-refractivity contribution in [1.29, 1.82) is 0 Å². The summed E-state index contributed by atoms with van der Waals surface area (Å²) < 4.78 is 23.5. The summed E-state index contributed by atoms with van der Waals surface area (Å²) in [6.45, 7) is 3.36. The number of hydrogen-bond donors (Lipinski definition) is 1. The highest BCUT2D eigenvalue weighted by Gasteiger charge is 2.15. The van der Waals surface area contributed by atoms with Crippen LogP contribution < -0.4 is 15.0 Å². The molecule has 8 heteroatoms. The van der Waals surface area contributed by atoms with Crippen molar-refractivity contribution >= 4 is 11.7 Å². The SMILES string of the molecule is O=C(NCCOc1ccc(F)cc1)c1cc(N2CCOCC2)ncn1. The summed E-state index contributed by atoms with van der Waals surface area (Å²) in [7, 11) is 0. The van der Waals surface area contributed by atoms with Gasteiger partial charge in [-0.3, -0.25) is 4.79 Å². The second kappa shape index (κ2) is 8.39. The van der Waals surface area contributed by atoms with Gasteiger partial charge in [0.25, 0.3) is 5.91 Å². The number of nitrogens with one attached hydrogen (secondary N) is 1. The highest BCUT2D eigenvalue weighted by atomic mass is 19.1. The number of anilines is 1. The molecule has 2 heterocycles. The summed E-state index contributed by atoms with van der Waals surface area (Å²) in [4.78, 5) is 22.5. The molecule has 7 nitrogen and oxygen atoms in total. The Hall–Kier alpha value is -2.74. The summed E-state index contributed by atoms with van der Waals surface area (Å²) in [6, 6.07) is 7.39. The predicted molar refractivity (Wildman–Crippen MR) is 89.3 cm³/mol. The fraction of sp³-hybridized carbons (Fsp3) is 0.353. The lowest BCUT2D eigenvalue weighted by molar-refractivity contribution is 0.0942. The van der Waals surface area contributed by atoms with Gasteiger partial charge in [0.2, 0.25) is 0 Å². The van der Waals surface area contributed by atoms with E-state index in [-0.39, 0.29) is 18.3 Å². The van der Waals surface area contributed by atoms with Gasteiger partial charge in [-0.15, -0.1) is 0 Å². The highest BCUT2D eigenvalue weighted by Crippen LogP contribution is 2.13. The maximum absolute atomic E-state index is 12.8. The van der Waals surface area contributed by atoms with Gasteiger partial charge in [0.1, 0.15) is 36.0 Å². The van der Waals surface area contributed by atoms with Crippen LogP contribution in [0, 0.1) is 5.82 Å². The molecule has 0 atom stereocenters. The number of hydrogen-bond acceptors (Lipinski definition) is 6. The van der Waals surface area contributed by atoms with Crippen molar-refractivity contribution in [2.75, 3.05) is 44.4 Å². The lowest BCUT2D eigenvalue weighted by atomic mass is 10.3. The number of amides is 1. The molecule has 0 aliphatic carbocycles. The molecule has 1 aromatic heterocycles. The third-order valence-corrected chi connectivity index (χ3v) is 3.69. The van der Waals surface area contributed by atoms with E-state index in [0.717, 1.165) is 13.1 Å². The molecule has 0 bridgehead atoms. The molecule has 1 aliphatic rings. The Labute approximate surface area is 144 Å². The number of carbonyl (C=O) groups excluding carboxylic acids is 1. The fourth-order valence-corrected chi connectivity index (χ4v) is 2.39. The maximum Gasteiger partial charge on any atom is 0.270 e. The van der Waals surface area contributed by atoms with E-state index in [1.165, 1.54) is 30.6 Å². The van der Waals surface area contributed by atoms with Crippen molar-refractivity contribution in [3.8, 4) is 5.75 Å². The molecule has 0 unspecified atom stereocenters. The zero-order valence-corrected chi connectivity index (χ0v) is 13.7. The molecule has 0 spiro atoms. The smallest absolute Gasteiger partial charge is 0.270 e. The van der Waals surface area contributed by atoms with Gasteiger partial charge in [0, 0.05) is 19.2 Å². The Bertz CT molecular complexity index is 705. The number of nitrogens with zero attached hydrogens (tertiary/aromatic N) is 3. The van der Waals surface area contributed by atoms with Gasteiger partial charge >= 0.3 is 0 Å². The van der Waals surface area contributed by atoms with Gasteiger partial charge in [-0.1, -0.05) is 0 Å². The van der Waals surface area contributed by atoms with Gasteiger partial charge in [0.05, 0.1) is 19.8 Å². The van der Waals surface area contributed by atoms with Crippen LogP contribution in [-0.4, -0.2) is 55.3 Å². The molecule has 1 aliphatic heterocycles. The lowest BCUT2D eigenvalue weighted by Gasteiger charge is -2.27. The van der Waals surface area contributed by atoms with Crippen molar-refractivity contribution in [2.24, 2.45) is 0 Å². The third kappa shape index (κ3) is 4.87. The number of morpholine rings is 1. The normalized spacial score (nSPS) is 14.2. The molecule has 3 rings (SSSR count). The zero-order chi connectivity index (χ0) is 17.5. The lowest BCUT2D eigenvalue weighted by Crippen LogP contribution is -2.37. The minimum Gasteiger partial charge on any atom is -0.492 e. The average Bonchev–Trinajstić information content (AvgIpc) is 2.67. The topological polar surface area (TPSA) is 76.6 Å². The summed E-state index contributed by atoms with van der Waals surface area (Å²) in [5.74, 6) is 0.651. The number of rotatable bonds is 6. The van der Waals surface area contributed by atoms with Gasteiger partial charge in [-0.05, 0) is 24.3 Å². The number of benzene rings is 1. The Morgan fingerprint density at radius 1 is 1.24 bits per heavy atom. The van der Waals surface area contributed by atoms with Crippen LogP contribution in [0.3, 0.4) is 0 Å². The van der Waals surface area contributed by atoms with Crippen LogP contribution in [0.2, 0.25) is 0 Å². The first-order chi connectivity index (χ1) is 12.2. The van der Waals surface area contributed by atoms with Crippen molar-refractivity contribution in [2.45, 2.75) is 0 Å². The summed E-state index contributed by atoms with van der Waals surface area (Å²) >= 11 is 0. The number of ether oxygens (including phenoxy) is 2. The van der Waals surface area contributed by atoms with Gasteiger partial charge in [-0.25, -0.2) is 14.4 Å². The van der Waals surface area contributed by atoms with E-state index in [1.54, 1.807) is 6.07 Å². The molecule has 0 radical (unpaired) electrons. The van der Waals surface area contributed by atoms with Crippen molar-refractivity contribution in [1.82, 2.24) is 15.3 Å². The number of carbonyl (C=O) groups is 1. The molecular weight excluding hydrogens is 327 g/mol. The van der Waals surface area contributed by atoms with Crippen LogP contribution in [0.5, 0.6) is 5.75 Å². The van der Waals surface area contributed by atoms with Crippen LogP contribution in [0.4, 0.5) is 10.2 Å². The first-order valence-electron chi connectivity index (χ1n) is 8.04. The van der Waals surface area contributed by atoms with E-state index >= 15 is 0 Å². The standard InChI is InChI=1S/C17H19FN4O3/c18-13-1-3-14(4-2-13)25-8-5-19-17(23)15-11-16(21-12-20-15)22-6-9-24-10-7-22/h1-4,11-12H,5-10H2,(H,19,23). The summed E-state index contributed by atoms with van der Waals surface area (Å²) in [5.41, 5.74) is 0.304. The van der Waals surface area contributed by atoms with Crippen LogP contribution in [0.25, 0.3) is 0 Å². The van der Waals surface area contributed by atoms with Crippen molar-refractivity contribution in [3.05, 3.63) is 48.2 Å². The van der Waals surface area contributed by atoms with E-state index in [1.807, 2.05) is 0 Å². The Morgan fingerprint density at radius 3 is 2.76 bits per heavy atom. The largest absolute Gasteiger partial charge is 0.492 e. The minimum absolute atomic E-state index is 0.277. The van der Waals surface area contributed by atoms with E-state index in [2.05, 4.69) is 20.2 Å². The van der Waals surface area contributed by atoms with E-state index in [4.69, 9.17) is 9.47 Å². The number of halogens is 1. The van der Waals surface area contributed by atoms with E-state index in [9.17, 15) is 9.18 Å². The van der Waals surface area contributed by atoms with Crippen LogP contribution in [-0.2, 0) is 4.74 Å². The van der Waals surface area contributed by atoms with Crippen molar-refractivity contribution in [3.63, 3.8) is 0 Å². The van der Waals surface area contributed by atoms with Crippen LogP contribution >= 0.6 is 0 Å². The quantitative estimate of drug-likeness (QED) is 0.794. The molecule has 1 aromatic carbocycles. The fourth-order valence-electron chi connectivity index (χ4n) is 2.39. The van der Waals surface area contributed by atoms with E-state index in [0.29, 0.717) is 37.0 Å². The van der Waals surface area contributed by atoms with E-state index < -0.39 is 0 Å². The Kier molecular flexibility index (Phi) is 5.73. The molecule has 1 saturated heterocycles. The Morgan fingerprint density at radius 2 is 2.00 bits per heavy atom. The van der Waals surface area contributed by atoms with Crippen molar-refractivity contribution < 1.29 is 18.7 Å². The first-order valence-corrected chi connectivity index (χ1v) is 8.04. The molecule has 25 heavy (non-hydrogen) atoms. The van der Waals surface area contributed by atoms with Gasteiger partial charge in [-0.2, -0.15) is 0 Å². The highest BCUT2D eigenvalue weighted by molar-refractivity contribution is 5.92. The Balaban J connectivity index is 1.48. The summed E-state index contributed by atoms with van der Waals surface area (Å²) in [5, 5.41) is 2.74. The zero-order valence-electron chi connectivity index (χ0n) is 13.7. The second-order valence-corrected chi connectivity index (χ2v) is 5.42. The molecule has 1 amide bonds.